The first-order valence-electron chi connectivity index (χ1n) is 7.55. The number of rotatable bonds is 6. The molecule has 2 nitrogen and oxygen atoms in total. The van der Waals surface area contributed by atoms with E-state index in [0.717, 1.165) is 5.56 Å². The summed E-state index contributed by atoms with van der Waals surface area (Å²) in [5.41, 5.74) is 0.764. The molecule has 0 aliphatic carbocycles. The molecule has 0 aliphatic heterocycles. The second-order valence-corrected chi connectivity index (χ2v) is 11.8. The summed E-state index contributed by atoms with van der Waals surface area (Å²) in [5.74, 6) is 0.0367. The number of Topliss-reactive ketones (excluding diaryl/α,β-unsaturated/α-hetero) is 1. The fourth-order valence-corrected chi connectivity index (χ4v) is 2.63. The molecule has 0 saturated carbocycles. The molecule has 0 spiro atoms. The van der Waals surface area contributed by atoms with Gasteiger partial charge < -0.3 is 4.43 Å². The smallest absolute Gasteiger partial charge is 0.192 e. The molecule has 0 heterocycles. The van der Waals surface area contributed by atoms with Crippen molar-refractivity contribution in [3.63, 3.8) is 0 Å². The normalized spacial score (nSPS) is 14.4. The van der Waals surface area contributed by atoms with Crippen molar-refractivity contribution in [1.29, 1.82) is 0 Å². The number of benzene rings is 1. The van der Waals surface area contributed by atoms with E-state index in [4.69, 9.17) is 4.43 Å². The Morgan fingerprint density at radius 3 is 2.33 bits per heavy atom. The second kappa shape index (κ2) is 7.19. The molecule has 1 aromatic carbocycles. The Balaban J connectivity index is 2.53. The molecule has 1 rings (SSSR count). The van der Waals surface area contributed by atoms with Gasteiger partial charge in [-0.15, -0.1) is 0 Å². The molecule has 3 heteroatoms. The van der Waals surface area contributed by atoms with Crippen LogP contribution in [0.2, 0.25) is 18.1 Å². The topological polar surface area (TPSA) is 26.3 Å². The highest BCUT2D eigenvalue weighted by molar-refractivity contribution is 6.74. The largest absolute Gasteiger partial charge is 0.413 e. The lowest BCUT2D eigenvalue weighted by Crippen LogP contribution is -2.40. The van der Waals surface area contributed by atoms with Gasteiger partial charge in [0.15, 0.2) is 14.1 Å². The molecule has 1 atom stereocenters. The van der Waals surface area contributed by atoms with Crippen LogP contribution in [0.4, 0.5) is 0 Å². The van der Waals surface area contributed by atoms with Crippen LogP contribution in [-0.2, 0) is 4.43 Å². The van der Waals surface area contributed by atoms with E-state index in [9.17, 15) is 4.79 Å². The van der Waals surface area contributed by atoms with Crippen molar-refractivity contribution < 1.29 is 9.22 Å². The second-order valence-electron chi connectivity index (χ2n) is 7.02. The number of hydrogen-bond acceptors (Lipinski definition) is 2. The summed E-state index contributed by atoms with van der Waals surface area (Å²) in [6, 6.07) is 9.43. The zero-order valence-electron chi connectivity index (χ0n) is 14.1. The Labute approximate surface area is 130 Å². The zero-order chi connectivity index (χ0) is 16.1. The minimum Gasteiger partial charge on any atom is -0.413 e. The van der Waals surface area contributed by atoms with E-state index >= 15 is 0 Å². The zero-order valence-corrected chi connectivity index (χ0v) is 15.1. The van der Waals surface area contributed by atoms with Crippen molar-refractivity contribution in [3.05, 3.63) is 48.0 Å². The van der Waals surface area contributed by atoms with Crippen LogP contribution in [0.3, 0.4) is 0 Å². The van der Waals surface area contributed by atoms with Crippen LogP contribution >= 0.6 is 0 Å². The van der Waals surface area contributed by atoms with E-state index in [1.165, 1.54) is 0 Å². The maximum absolute atomic E-state index is 12.2. The predicted molar refractivity (Wildman–Crippen MR) is 92.2 cm³/mol. The third-order valence-electron chi connectivity index (χ3n) is 4.24. The average molecular weight is 305 g/mol. The van der Waals surface area contributed by atoms with Gasteiger partial charge in [-0.2, -0.15) is 0 Å². The molecule has 0 bridgehead atoms. The van der Waals surface area contributed by atoms with Crippen LogP contribution in [0.1, 0.15) is 38.1 Å². The Bertz CT molecular complexity index is 484. The lowest BCUT2D eigenvalue weighted by Gasteiger charge is -2.35. The number of carbonyl (C=O) groups is 1. The van der Waals surface area contributed by atoms with Gasteiger partial charge in [-0.1, -0.05) is 70.2 Å². The maximum atomic E-state index is 12.2. The maximum Gasteiger partial charge on any atom is 0.192 e. The predicted octanol–water partition coefficient (Wildman–Crippen LogP) is 5.08. The van der Waals surface area contributed by atoms with Gasteiger partial charge in [0.1, 0.15) is 0 Å². The first-order chi connectivity index (χ1) is 9.65. The van der Waals surface area contributed by atoms with Crippen LogP contribution in [0.5, 0.6) is 0 Å². The fraction of sp³-hybridized carbons (Fsp3) is 0.500. The molecular weight excluding hydrogens is 276 g/mol. The molecule has 1 aromatic rings. The van der Waals surface area contributed by atoms with Crippen LogP contribution in [0.25, 0.3) is 0 Å². The molecule has 0 saturated heterocycles. The number of carbonyl (C=O) groups excluding carboxylic acids is 1. The van der Waals surface area contributed by atoms with Gasteiger partial charge in [0.25, 0.3) is 0 Å². The number of allylic oxidation sites excluding steroid dienone is 1. The van der Waals surface area contributed by atoms with Gasteiger partial charge in [0, 0.05) is 11.5 Å². The van der Waals surface area contributed by atoms with E-state index in [0.29, 0.717) is 6.61 Å². The molecule has 21 heavy (non-hydrogen) atoms. The Kier molecular flexibility index (Phi) is 6.11. The quantitative estimate of drug-likeness (QED) is 0.416. The van der Waals surface area contributed by atoms with Gasteiger partial charge in [-0.05, 0) is 18.1 Å². The Hall–Kier alpha value is -1.19. The summed E-state index contributed by atoms with van der Waals surface area (Å²) in [4.78, 5) is 12.2. The molecule has 0 N–H and O–H groups in total. The van der Waals surface area contributed by atoms with Crippen LogP contribution in [0.15, 0.2) is 42.5 Å². The first kappa shape index (κ1) is 17.9. The van der Waals surface area contributed by atoms with Crippen molar-refractivity contribution >= 4 is 14.1 Å². The van der Waals surface area contributed by atoms with Crippen molar-refractivity contribution in [1.82, 2.24) is 0 Å². The number of ketones is 1. The van der Waals surface area contributed by atoms with Gasteiger partial charge in [0.05, 0.1) is 6.61 Å². The first-order valence-corrected chi connectivity index (χ1v) is 10.5. The molecule has 0 amide bonds. The third-order valence-corrected chi connectivity index (χ3v) is 8.74. The minimum absolute atomic E-state index is 0.115. The Morgan fingerprint density at radius 2 is 1.81 bits per heavy atom. The lowest BCUT2D eigenvalue weighted by atomic mass is 9.99. The molecule has 0 aliphatic rings. The minimum atomic E-state index is -1.70. The molecule has 0 aromatic heterocycles. The SMILES string of the molecule is C[C@@H](/C=C/CO[Si](C)(C)C(C)(C)C)C(=O)c1ccccc1. The number of hydrogen-bond donors (Lipinski definition) is 0. The highest BCUT2D eigenvalue weighted by Gasteiger charge is 2.36. The van der Waals surface area contributed by atoms with E-state index in [-0.39, 0.29) is 16.7 Å². The standard InChI is InChI=1S/C18H28O2Si/c1-15(17(19)16-12-8-7-9-13-16)11-10-14-20-21(5,6)18(2,3)4/h7-13,15H,14H2,1-6H3/b11-10+/t15-/m0/s1. The van der Waals surface area contributed by atoms with Crippen LogP contribution < -0.4 is 0 Å². The average Bonchev–Trinajstić information content (AvgIpc) is 2.42. The summed E-state index contributed by atoms with van der Waals surface area (Å²) >= 11 is 0. The monoisotopic (exact) mass is 304 g/mol. The van der Waals surface area contributed by atoms with Crippen molar-refractivity contribution in [2.75, 3.05) is 6.61 Å². The summed E-state index contributed by atoms with van der Waals surface area (Å²) < 4.78 is 6.07. The lowest BCUT2D eigenvalue weighted by molar-refractivity contribution is 0.0953. The summed E-state index contributed by atoms with van der Waals surface area (Å²) in [7, 11) is -1.70. The van der Waals surface area contributed by atoms with Gasteiger partial charge >= 0.3 is 0 Å². The van der Waals surface area contributed by atoms with Crippen LogP contribution in [-0.4, -0.2) is 20.7 Å². The Morgan fingerprint density at radius 1 is 1.24 bits per heavy atom. The van der Waals surface area contributed by atoms with Crippen molar-refractivity contribution in [2.24, 2.45) is 5.92 Å². The van der Waals surface area contributed by atoms with E-state index in [1.54, 1.807) is 0 Å². The highest BCUT2D eigenvalue weighted by atomic mass is 28.4. The van der Waals surface area contributed by atoms with Crippen molar-refractivity contribution in [3.8, 4) is 0 Å². The van der Waals surface area contributed by atoms with Crippen LogP contribution in [0, 0.1) is 5.92 Å². The third kappa shape index (κ3) is 5.25. The van der Waals surface area contributed by atoms with Gasteiger partial charge in [-0.25, -0.2) is 0 Å². The van der Waals surface area contributed by atoms with E-state index in [2.05, 4.69) is 33.9 Å². The molecule has 0 unspecified atom stereocenters. The highest BCUT2D eigenvalue weighted by Crippen LogP contribution is 2.36. The van der Waals surface area contributed by atoms with E-state index in [1.807, 2.05) is 49.4 Å². The summed E-state index contributed by atoms with van der Waals surface area (Å²) in [6.07, 6.45) is 3.93. The molecule has 116 valence electrons. The fourth-order valence-electron chi connectivity index (χ4n) is 1.69. The molecule has 0 radical (unpaired) electrons. The van der Waals surface area contributed by atoms with Crippen molar-refractivity contribution in [2.45, 2.75) is 45.8 Å². The van der Waals surface area contributed by atoms with Gasteiger partial charge in [0.2, 0.25) is 0 Å². The molecule has 0 fully saturated rings. The summed E-state index contributed by atoms with van der Waals surface area (Å²) in [6.45, 7) is 13.7. The molecular formula is C18H28O2Si. The van der Waals surface area contributed by atoms with E-state index < -0.39 is 8.32 Å². The summed E-state index contributed by atoms with van der Waals surface area (Å²) in [5, 5.41) is 0.215. The van der Waals surface area contributed by atoms with Gasteiger partial charge in [-0.3, -0.25) is 4.79 Å².